The lowest BCUT2D eigenvalue weighted by atomic mass is 10.00. The molecule has 1 aliphatic heterocycles. The van der Waals surface area contributed by atoms with E-state index in [9.17, 15) is 4.79 Å². The molecule has 0 fully saturated rings. The van der Waals surface area contributed by atoms with Crippen LogP contribution in [0.1, 0.15) is 25.0 Å². The van der Waals surface area contributed by atoms with Gasteiger partial charge in [-0.1, -0.05) is 18.2 Å². The Morgan fingerprint density at radius 3 is 2.89 bits per heavy atom. The molecule has 0 unspecified atom stereocenters. The van der Waals surface area contributed by atoms with Crippen LogP contribution in [0.15, 0.2) is 23.8 Å². The predicted molar refractivity (Wildman–Crippen MR) is 66.1 cm³/mol. The zero-order valence-corrected chi connectivity index (χ0v) is 10.2. The quantitative estimate of drug-likeness (QED) is 0.639. The van der Waals surface area contributed by atoms with E-state index in [1.807, 2.05) is 26.0 Å². The van der Waals surface area contributed by atoms with Gasteiger partial charge < -0.3 is 9.84 Å². The molecule has 0 aromatic heterocycles. The zero-order chi connectivity index (χ0) is 13.3. The maximum atomic E-state index is 10.8. The second-order valence-electron chi connectivity index (χ2n) is 4.85. The van der Waals surface area contributed by atoms with Gasteiger partial charge in [0.15, 0.2) is 0 Å². The van der Waals surface area contributed by atoms with Crippen LogP contribution in [-0.2, 0) is 11.2 Å². The van der Waals surface area contributed by atoms with Gasteiger partial charge in [-0.25, -0.2) is 4.79 Å². The van der Waals surface area contributed by atoms with Gasteiger partial charge in [0.25, 0.3) is 0 Å². The standard InChI is InChI=1S/C14H13NO3/c1-14(2)7-10-5-3-4-9(12(10)18-14)6-11(8-15)13(16)17/h3-6H,7H2,1-2H3,(H,16,17). The molecule has 18 heavy (non-hydrogen) atoms. The smallest absolute Gasteiger partial charge is 0.346 e. The van der Waals surface area contributed by atoms with Gasteiger partial charge in [0.1, 0.15) is 23.0 Å². The van der Waals surface area contributed by atoms with Crippen LogP contribution in [0.5, 0.6) is 5.75 Å². The molecule has 0 spiro atoms. The van der Waals surface area contributed by atoms with E-state index in [2.05, 4.69) is 0 Å². The number of ether oxygens (including phenoxy) is 1. The minimum absolute atomic E-state index is 0.289. The normalized spacial score (nSPS) is 16.6. The van der Waals surface area contributed by atoms with Gasteiger partial charge in [0.2, 0.25) is 0 Å². The number of para-hydroxylation sites is 1. The Labute approximate surface area is 105 Å². The highest BCUT2D eigenvalue weighted by molar-refractivity contribution is 5.97. The van der Waals surface area contributed by atoms with Crippen LogP contribution in [0.2, 0.25) is 0 Å². The van der Waals surface area contributed by atoms with Crippen molar-refractivity contribution >= 4 is 12.0 Å². The van der Waals surface area contributed by atoms with E-state index in [0.717, 1.165) is 12.0 Å². The molecule has 0 bridgehead atoms. The van der Waals surface area contributed by atoms with Crippen LogP contribution in [0.25, 0.3) is 6.08 Å². The Hall–Kier alpha value is -2.28. The highest BCUT2D eigenvalue weighted by Gasteiger charge is 2.31. The fourth-order valence-corrected chi connectivity index (χ4v) is 2.05. The third-order valence-electron chi connectivity index (χ3n) is 2.77. The molecule has 0 atom stereocenters. The number of rotatable bonds is 2. The van der Waals surface area contributed by atoms with Crippen LogP contribution in [0, 0.1) is 11.3 Å². The van der Waals surface area contributed by atoms with E-state index >= 15 is 0 Å². The van der Waals surface area contributed by atoms with Gasteiger partial charge in [0.05, 0.1) is 0 Å². The van der Waals surface area contributed by atoms with Crippen molar-refractivity contribution in [3.63, 3.8) is 0 Å². The van der Waals surface area contributed by atoms with Crippen molar-refractivity contribution in [1.82, 2.24) is 0 Å². The lowest BCUT2D eigenvalue weighted by Crippen LogP contribution is -2.24. The van der Waals surface area contributed by atoms with Crippen molar-refractivity contribution < 1.29 is 14.6 Å². The van der Waals surface area contributed by atoms with Crippen molar-refractivity contribution in [3.05, 3.63) is 34.9 Å². The molecule has 0 saturated carbocycles. The number of carboxylic acids is 1. The minimum atomic E-state index is -1.23. The lowest BCUT2D eigenvalue weighted by Gasteiger charge is -2.17. The number of benzene rings is 1. The summed E-state index contributed by atoms with van der Waals surface area (Å²) in [5.74, 6) is -0.552. The number of carbonyl (C=O) groups is 1. The maximum absolute atomic E-state index is 10.8. The summed E-state index contributed by atoms with van der Waals surface area (Å²) in [6.07, 6.45) is 2.13. The SMILES string of the molecule is CC1(C)Cc2cccc(C=C(C#N)C(=O)O)c2O1. The molecule has 0 amide bonds. The average molecular weight is 243 g/mol. The van der Waals surface area contributed by atoms with Gasteiger partial charge in [-0.15, -0.1) is 0 Å². The summed E-state index contributed by atoms with van der Waals surface area (Å²) in [5.41, 5.74) is 1.09. The average Bonchev–Trinajstić information content (AvgIpc) is 2.60. The van der Waals surface area contributed by atoms with Crippen molar-refractivity contribution in [2.45, 2.75) is 25.9 Å². The Bertz CT molecular complexity index is 579. The first-order chi connectivity index (χ1) is 8.43. The largest absolute Gasteiger partial charge is 0.487 e. The zero-order valence-electron chi connectivity index (χ0n) is 10.2. The maximum Gasteiger partial charge on any atom is 0.346 e. The first kappa shape index (κ1) is 12.2. The number of nitriles is 1. The first-order valence-corrected chi connectivity index (χ1v) is 5.59. The molecule has 4 heteroatoms. The highest BCUT2D eigenvalue weighted by atomic mass is 16.5. The topological polar surface area (TPSA) is 70.3 Å². The third kappa shape index (κ3) is 2.21. The highest BCUT2D eigenvalue weighted by Crippen LogP contribution is 2.38. The number of hydrogen-bond donors (Lipinski definition) is 1. The molecule has 1 aromatic rings. The molecular formula is C14H13NO3. The predicted octanol–water partition coefficient (Wildman–Crippen LogP) is 2.39. The summed E-state index contributed by atoms with van der Waals surface area (Å²) in [6.45, 7) is 3.95. The summed E-state index contributed by atoms with van der Waals surface area (Å²) in [7, 11) is 0. The molecule has 1 aromatic carbocycles. The van der Waals surface area contributed by atoms with E-state index in [-0.39, 0.29) is 11.2 Å². The Kier molecular flexibility index (Phi) is 2.84. The van der Waals surface area contributed by atoms with Gasteiger partial charge in [0, 0.05) is 12.0 Å². The second kappa shape index (κ2) is 4.19. The molecule has 0 saturated heterocycles. The molecule has 1 N–H and O–H groups in total. The van der Waals surface area contributed by atoms with E-state index in [0.29, 0.717) is 11.3 Å². The van der Waals surface area contributed by atoms with Crippen molar-refractivity contribution in [3.8, 4) is 11.8 Å². The Balaban J connectivity index is 2.48. The van der Waals surface area contributed by atoms with E-state index in [4.69, 9.17) is 15.1 Å². The van der Waals surface area contributed by atoms with Crippen LogP contribution < -0.4 is 4.74 Å². The van der Waals surface area contributed by atoms with Gasteiger partial charge in [-0.2, -0.15) is 5.26 Å². The monoisotopic (exact) mass is 243 g/mol. The van der Waals surface area contributed by atoms with Crippen LogP contribution >= 0.6 is 0 Å². The minimum Gasteiger partial charge on any atom is -0.487 e. The second-order valence-corrected chi connectivity index (χ2v) is 4.85. The van der Waals surface area contributed by atoms with Crippen molar-refractivity contribution in [2.75, 3.05) is 0 Å². The van der Waals surface area contributed by atoms with Crippen LogP contribution in [0.3, 0.4) is 0 Å². The van der Waals surface area contributed by atoms with Gasteiger partial charge in [-0.05, 0) is 25.5 Å². The van der Waals surface area contributed by atoms with Crippen LogP contribution in [-0.4, -0.2) is 16.7 Å². The molecular weight excluding hydrogens is 230 g/mol. The lowest BCUT2D eigenvalue weighted by molar-refractivity contribution is -0.132. The van der Waals surface area contributed by atoms with Crippen molar-refractivity contribution in [2.24, 2.45) is 0 Å². The summed E-state index contributed by atoms with van der Waals surface area (Å²) in [6, 6.07) is 7.21. The number of fused-ring (bicyclic) bond motifs is 1. The van der Waals surface area contributed by atoms with Crippen molar-refractivity contribution in [1.29, 1.82) is 5.26 Å². The Morgan fingerprint density at radius 1 is 1.56 bits per heavy atom. The van der Waals surface area contributed by atoms with Crippen LogP contribution in [0.4, 0.5) is 0 Å². The number of nitrogens with zero attached hydrogens (tertiary/aromatic N) is 1. The fourth-order valence-electron chi connectivity index (χ4n) is 2.05. The first-order valence-electron chi connectivity index (χ1n) is 5.59. The summed E-state index contributed by atoms with van der Waals surface area (Å²) in [5, 5.41) is 17.6. The molecule has 1 heterocycles. The molecule has 0 radical (unpaired) electrons. The Morgan fingerprint density at radius 2 is 2.28 bits per heavy atom. The number of hydrogen-bond acceptors (Lipinski definition) is 3. The van der Waals surface area contributed by atoms with E-state index in [1.165, 1.54) is 6.08 Å². The summed E-state index contributed by atoms with van der Waals surface area (Å²) < 4.78 is 5.80. The summed E-state index contributed by atoms with van der Waals surface area (Å²) in [4.78, 5) is 10.8. The molecule has 0 aliphatic carbocycles. The summed E-state index contributed by atoms with van der Waals surface area (Å²) >= 11 is 0. The van der Waals surface area contributed by atoms with E-state index in [1.54, 1.807) is 12.1 Å². The van der Waals surface area contributed by atoms with Gasteiger partial charge in [-0.3, -0.25) is 0 Å². The molecule has 92 valence electrons. The molecule has 2 rings (SSSR count). The van der Waals surface area contributed by atoms with Gasteiger partial charge >= 0.3 is 5.97 Å². The molecule has 4 nitrogen and oxygen atoms in total. The number of carboxylic acid groups (broad SMARTS) is 1. The van der Waals surface area contributed by atoms with E-state index < -0.39 is 5.97 Å². The molecule has 1 aliphatic rings. The third-order valence-corrected chi connectivity index (χ3v) is 2.77. The number of aliphatic carboxylic acids is 1. The fraction of sp³-hybridized carbons (Fsp3) is 0.286.